The molecule has 1 heterocycles. The number of carbonyl (C=O) groups is 2. The summed E-state index contributed by atoms with van der Waals surface area (Å²) in [4.78, 5) is 27.5. The van der Waals surface area contributed by atoms with Crippen LogP contribution in [0, 0.1) is 5.82 Å². The Labute approximate surface area is 141 Å². The first-order valence-corrected chi connectivity index (χ1v) is 8.14. The van der Waals surface area contributed by atoms with E-state index in [0.29, 0.717) is 45.0 Å². The molecule has 2 amide bonds. The summed E-state index contributed by atoms with van der Waals surface area (Å²) in [6.07, 6.45) is 0.574. The van der Waals surface area contributed by atoms with Crippen LogP contribution in [-0.4, -0.2) is 63.2 Å². The lowest BCUT2D eigenvalue weighted by molar-refractivity contribution is -0.136. The molecule has 0 aromatic heterocycles. The second-order valence-corrected chi connectivity index (χ2v) is 5.69. The van der Waals surface area contributed by atoms with Crippen molar-refractivity contribution in [2.75, 3.05) is 51.3 Å². The second-order valence-electron chi connectivity index (χ2n) is 5.69. The molecule has 1 saturated heterocycles. The minimum absolute atomic E-state index is 0.146. The summed E-state index contributed by atoms with van der Waals surface area (Å²) in [5.74, 6) is -0.715. The van der Waals surface area contributed by atoms with Gasteiger partial charge in [0.05, 0.1) is 5.69 Å². The summed E-state index contributed by atoms with van der Waals surface area (Å²) < 4.78 is 18.7. The Bertz CT molecular complexity index is 560. The molecule has 132 valence electrons. The van der Waals surface area contributed by atoms with Crippen molar-refractivity contribution in [1.82, 2.24) is 10.2 Å². The van der Waals surface area contributed by atoms with Gasteiger partial charge in [-0.2, -0.15) is 0 Å². The molecule has 0 spiro atoms. The number of rotatable bonds is 7. The molecule has 1 N–H and O–H groups in total. The SMILES string of the molecule is COCCCNC(=O)CC(=O)N1CCN(c2ccccc2F)CC1. The van der Waals surface area contributed by atoms with Crippen molar-refractivity contribution < 1.29 is 18.7 Å². The van der Waals surface area contributed by atoms with Crippen LogP contribution >= 0.6 is 0 Å². The van der Waals surface area contributed by atoms with E-state index in [1.807, 2.05) is 4.90 Å². The van der Waals surface area contributed by atoms with Gasteiger partial charge in [0.15, 0.2) is 0 Å². The molecule has 1 aromatic rings. The van der Waals surface area contributed by atoms with Crippen LogP contribution in [0.2, 0.25) is 0 Å². The lowest BCUT2D eigenvalue weighted by Crippen LogP contribution is -2.49. The van der Waals surface area contributed by atoms with E-state index >= 15 is 0 Å². The van der Waals surface area contributed by atoms with E-state index in [0.717, 1.165) is 6.42 Å². The maximum Gasteiger partial charge on any atom is 0.232 e. The van der Waals surface area contributed by atoms with Crippen molar-refractivity contribution in [2.45, 2.75) is 12.8 Å². The van der Waals surface area contributed by atoms with E-state index in [4.69, 9.17) is 4.74 Å². The minimum atomic E-state index is -0.271. The Morgan fingerprint density at radius 1 is 1.21 bits per heavy atom. The van der Waals surface area contributed by atoms with E-state index in [2.05, 4.69) is 5.32 Å². The van der Waals surface area contributed by atoms with E-state index in [1.165, 1.54) is 6.07 Å². The van der Waals surface area contributed by atoms with Gasteiger partial charge in [0.2, 0.25) is 11.8 Å². The van der Waals surface area contributed by atoms with Gasteiger partial charge in [0.25, 0.3) is 0 Å². The van der Waals surface area contributed by atoms with Crippen molar-refractivity contribution >= 4 is 17.5 Å². The van der Waals surface area contributed by atoms with Gasteiger partial charge < -0.3 is 19.9 Å². The van der Waals surface area contributed by atoms with Crippen molar-refractivity contribution in [2.24, 2.45) is 0 Å². The van der Waals surface area contributed by atoms with Crippen LogP contribution in [0.4, 0.5) is 10.1 Å². The second kappa shape index (κ2) is 9.22. The van der Waals surface area contributed by atoms with E-state index < -0.39 is 0 Å². The number of ether oxygens (including phenoxy) is 1. The Morgan fingerprint density at radius 2 is 1.92 bits per heavy atom. The van der Waals surface area contributed by atoms with Crippen molar-refractivity contribution in [3.8, 4) is 0 Å². The number of nitrogens with one attached hydrogen (secondary N) is 1. The maximum atomic E-state index is 13.8. The van der Waals surface area contributed by atoms with Crippen LogP contribution in [0.1, 0.15) is 12.8 Å². The van der Waals surface area contributed by atoms with E-state index in [1.54, 1.807) is 30.2 Å². The smallest absolute Gasteiger partial charge is 0.232 e. The minimum Gasteiger partial charge on any atom is -0.385 e. The highest BCUT2D eigenvalue weighted by Gasteiger charge is 2.23. The average molecular weight is 337 g/mol. The third-order valence-electron chi connectivity index (χ3n) is 3.98. The van der Waals surface area contributed by atoms with Crippen LogP contribution < -0.4 is 10.2 Å². The van der Waals surface area contributed by atoms with Gasteiger partial charge >= 0.3 is 0 Å². The molecule has 1 aliphatic rings. The van der Waals surface area contributed by atoms with Gasteiger partial charge in [-0.05, 0) is 18.6 Å². The highest BCUT2D eigenvalue weighted by Crippen LogP contribution is 2.20. The van der Waals surface area contributed by atoms with Crippen molar-refractivity contribution in [3.63, 3.8) is 0 Å². The summed E-state index contributed by atoms with van der Waals surface area (Å²) in [5.41, 5.74) is 0.556. The highest BCUT2D eigenvalue weighted by atomic mass is 19.1. The maximum absolute atomic E-state index is 13.8. The van der Waals surface area contributed by atoms with Crippen LogP contribution in [0.25, 0.3) is 0 Å². The number of benzene rings is 1. The fourth-order valence-corrected chi connectivity index (χ4v) is 2.66. The van der Waals surface area contributed by atoms with Gasteiger partial charge in [0.1, 0.15) is 12.2 Å². The third kappa shape index (κ3) is 5.19. The lowest BCUT2D eigenvalue weighted by Gasteiger charge is -2.36. The Kier molecular flexibility index (Phi) is 6.99. The summed E-state index contributed by atoms with van der Waals surface area (Å²) >= 11 is 0. The largest absolute Gasteiger partial charge is 0.385 e. The monoisotopic (exact) mass is 337 g/mol. The quantitative estimate of drug-likeness (QED) is 0.596. The molecular weight excluding hydrogens is 313 g/mol. The van der Waals surface area contributed by atoms with E-state index in [-0.39, 0.29) is 24.1 Å². The van der Waals surface area contributed by atoms with Crippen LogP contribution in [0.3, 0.4) is 0 Å². The van der Waals surface area contributed by atoms with Crippen molar-refractivity contribution in [1.29, 1.82) is 0 Å². The number of hydrogen-bond donors (Lipinski definition) is 1. The first kappa shape index (κ1) is 18.2. The van der Waals surface area contributed by atoms with Gasteiger partial charge in [-0.15, -0.1) is 0 Å². The van der Waals surface area contributed by atoms with E-state index in [9.17, 15) is 14.0 Å². The van der Waals surface area contributed by atoms with Gasteiger partial charge in [-0.3, -0.25) is 9.59 Å². The summed E-state index contributed by atoms with van der Waals surface area (Å²) in [5, 5.41) is 2.70. The standard InChI is InChI=1S/C17H24FN3O3/c1-24-12-4-7-19-16(22)13-17(23)21-10-8-20(9-11-21)15-6-3-2-5-14(15)18/h2-3,5-6H,4,7-13H2,1H3,(H,19,22). The molecule has 0 aliphatic carbocycles. The molecule has 0 bridgehead atoms. The fraction of sp³-hybridized carbons (Fsp3) is 0.529. The molecule has 2 rings (SSSR count). The van der Waals surface area contributed by atoms with Gasteiger partial charge in [-0.1, -0.05) is 12.1 Å². The van der Waals surface area contributed by atoms with Crippen LogP contribution in [0.5, 0.6) is 0 Å². The van der Waals surface area contributed by atoms with Gasteiger partial charge in [-0.25, -0.2) is 4.39 Å². The number of para-hydroxylation sites is 1. The Hall–Kier alpha value is -2.15. The molecule has 0 atom stereocenters. The Balaban J connectivity index is 1.74. The number of hydrogen-bond acceptors (Lipinski definition) is 4. The predicted molar refractivity (Wildman–Crippen MR) is 89.3 cm³/mol. The normalized spacial score (nSPS) is 14.6. The molecular formula is C17H24FN3O3. The van der Waals surface area contributed by atoms with Crippen LogP contribution in [-0.2, 0) is 14.3 Å². The molecule has 6 nitrogen and oxygen atoms in total. The summed E-state index contributed by atoms with van der Waals surface area (Å²) in [6.45, 7) is 3.17. The zero-order valence-electron chi connectivity index (χ0n) is 14.0. The summed E-state index contributed by atoms with van der Waals surface area (Å²) in [6, 6.07) is 6.62. The molecule has 0 unspecified atom stereocenters. The molecule has 0 saturated carbocycles. The molecule has 0 radical (unpaired) electrons. The zero-order valence-corrected chi connectivity index (χ0v) is 14.0. The number of nitrogens with zero attached hydrogens (tertiary/aromatic N) is 2. The average Bonchev–Trinajstić information content (AvgIpc) is 2.59. The first-order chi connectivity index (χ1) is 11.6. The van der Waals surface area contributed by atoms with Gasteiger partial charge in [0, 0.05) is 46.4 Å². The summed E-state index contributed by atoms with van der Waals surface area (Å²) in [7, 11) is 1.60. The number of piperazine rings is 1. The highest BCUT2D eigenvalue weighted by molar-refractivity contribution is 5.96. The number of amides is 2. The molecule has 24 heavy (non-hydrogen) atoms. The number of carbonyl (C=O) groups excluding carboxylic acids is 2. The van der Waals surface area contributed by atoms with Crippen LogP contribution in [0.15, 0.2) is 24.3 Å². The predicted octanol–water partition coefficient (Wildman–Crippen LogP) is 1.02. The molecule has 7 heteroatoms. The molecule has 1 fully saturated rings. The first-order valence-electron chi connectivity index (χ1n) is 8.14. The molecule has 1 aliphatic heterocycles. The Morgan fingerprint density at radius 3 is 2.58 bits per heavy atom. The number of halogens is 1. The molecule has 1 aromatic carbocycles. The lowest BCUT2D eigenvalue weighted by atomic mass is 10.2. The number of anilines is 1. The number of methoxy groups -OCH3 is 1. The third-order valence-corrected chi connectivity index (χ3v) is 3.98. The zero-order chi connectivity index (χ0) is 17.4. The van der Waals surface area contributed by atoms with Crippen molar-refractivity contribution in [3.05, 3.63) is 30.1 Å². The fourth-order valence-electron chi connectivity index (χ4n) is 2.66. The topological polar surface area (TPSA) is 61.9 Å².